The summed E-state index contributed by atoms with van der Waals surface area (Å²) in [7, 11) is 4.58. The average molecular weight is 568 g/mol. The highest BCUT2D eigenvalue weighted by Gasteiger charge is 2.69. The first-order valence-electron chi connectivity index (χ1n) is 13.7. The smallest absolute Gasteiger partial charge is 0.340 e. The summed E-state index contributed by atoms with van der Waals surface area (Å²) in [4.78, 5) is 48.8. The van der Waals surface area contributed by atoms with Crippen LogP contribution in [0.15, 0.2) is 54.2 Å². The van der Waals surface area contributed by atoms with Crippen molar-refractivity contribution in [3.63, 3.8) is 0 Å². The lowest BCUT2D eigenvalue weighted by molar-refractivity contribution is 0.0470. The minimum absolute atomic E-state index is 0.0783. The fraction of sp³-hybridized carbons (Fsp3) is 0.281. The summed E-state index contributed by atoms with van der Waals surface area (Å²) < 4.78 is 22.2. The molecule has 2 N–H and O–H groups in total. The summed E-state index contributed by atoms with van der Waals surface area (Å²) in [5.41, 5.74) is 3.83. The third-order valence-electron chi connectivity index (χ3n) is 8.72. The molecule has 10 heteroatoms. The monoisotopic (exact) mass is 567 g/mol. The number of esters is 1. The number of ether oxygens (including phenoxy) is 4. The minimum Gasteiger partial charge on any atom is -0.493 e. The van der Waals surface area contributed by atoms with Crippen molar-refractivity contribution < 1.29 is 33.3 Å². The van der Waals surface area contributed by atoms with Crippen molar-refractivity contribution in [3.05, 3.63) is 88.0 Å². The number of aryl methyl sites for hydroxylation is 1. The molecule has 1 saturated heterocycles. The molecule has 0 unspecified atom stereocenters. The van der Waals surface area contributed by atoms with Crippen LogP contribution in [0.4, 0.5) is 0 Å². The van der Waals surface area contributed by atoms with Gasteiger partial charge in [0.2, 0.25) is 11.5 Å². The number of piperidine rings is 1. The van der Waals surface area contributed by atoms with E-state index in [1.165, 1.54) is 27.4 Å². The van der Waals surface area contributed by atoms with E-state index in [1.54, 1.807) is 24.0 Å². The summed E-state index contributed by atoms with van der Waals surface area (Å²) in [6.07, 6.45) is 2.28. The van der Waals surface area contributed by atoms with Gasteiger partial charge in [0.05, 0.1) is 38.1 Å². The van der Waals surface area contributed by atoms with Crippen molar-refractivity contribution in [1.82, 2.24) is 14.9 Å². The molecule has 2 aliphatic carbocycles. The number of ketones is 1. The number of fused-ring (bicyclic) bond motifs is 2. The van der Waals surface area contributed by atoms with Crippen molar-refractivity contribution in [2.75, 3.05) is 27.9 Å². The van der Waals surface area contributed by atoms with E-state index in [0.717, 1.165) is 12.0 Å². The maximum atomic E-state index is 14.0. The van der Waals surface area contributed by atoms with Crippen LogP contribution in [0.3, 0.4) is 0 Å². The Kier molecular flexibility index (Phi) is 5.72. The predicted octanol–water partition coefficient (Wildman–Crippen LogP) is 4.68. The molecule has 2 atom stereocenters. The van der Waals surface area contributed by atoms with E-state index in [0.29, 0.717) is 68.6 Å². The van der Waals surface area contributed by atoms with Crippen LogP contribution in [0.5, 0.6) is 17.2 Å². The van der Waals surface area contributed by atoms with E-state index in [9.17, 15) is 14.4 Å². The first-order valence-corrected chi connectivity index (χ1v) is 13.7. The predicted molar refractivity (Wildman–Crippen MR) is 152 cm³/mol. The standard InChI is InChI=1S/C32H29N3O7/c1-16-24(31(38)42-15-17-8-6-5-7-9-17)25-27(33-16)21(36)12-23-32(25)13-19(32)14-35(23)30(37)20-10-18-11-22(39-2)28(40-3)29(41-4)26(18)34-20/h5-12,19,33-34H,13-15H2,1-4H3/t19-,32+/m1/s1. The van der Waals surface area contributed by atoms with Crippen LogP contribution in [-0.4, -0.2) is 60.4 Å². The number of likely N-dealkylation sites (tertiary alicyclic amines) is 1. The maximum Gasteiger partial charge on any atom is 0.340 e. The van der Waals surface area contributed by atoms with Gasteiger partial charge in [0, 0.05) is 40.4 Å². The van der Waals surface area contributed by atoms with E-state index >= 15 is 0 Å². The Hall–Kier alpha value is -4.99. The molecule has 3 heterocycles. The van der Waals surface area contributed by atoms with Crippen LogP contribution in [-0.2, 0) is 16.8 Å². The number of carbonyl (C=O) groups excluding carboxylic acids is 3. The molecule has 42 heavy (non-hydrogen) atoms. The lowest BCUT2D eigenvalue weighted by Crippen LogP contribution is -2.34. The quantitative estimate of drug-likeness (QED) is 0.311. The molecule has 214 valence electrons. The molecule has 2 fully saturated rings. The summed E-state index contributed by atoms with van der Waals surface area (Å²) in [6, 6.07) is 13.0. The number of rotatable bonds is 7. The van der Waals surface area contributed by atoms with Crippen LogP contribution in [0.25, 0.3) is 10.9 Å². The number of amides is 1. The van der Waals surface area contributed by atoms with Crippen LogP contribution in [0.1, 0.15) is 54.6 Å². The normalized spacial score (nSPS) is 20.0. The number of carbonyl (C=O) groups is 3. The highest BCUT2D eigenvalue weighted by molar-refractivity contribution is 6.12. The number of hydrogen-bond donors (Lipinski definition) is 2. The van der Waals surface area contributed by atoms with Gasteiger partial charge < -0.3 is 33.8 Å². The van der Waals surface area contributed by atoms with Gasteiger partial charge in [-0.1, -0.05) is 30.3 Å². The third-order valence-corrected chi connectivity index (χ3v) is 8.72. The summed E-state index contributed by atoms with van der Waals surface area (Å²) in [6.45, 7) is 2.33. The van der Waals surface area contributed by atoms with Gasteiger partial charge in [-0.2, -0.15) is 0 Å². The summed E-state index contributed by atoms with van der Waals surface area (Å²) >= 11 is 0. The highest BCUT2D eigenvalue weighted by Crippen LogP contribution is 2.67. The number of H-pyrrole nitrogens is 2. The third kappa shape index (κ3) is 3.54. The van der Waals surface area contributed by atoms with Gasteiger partial charge in [0.15, 0.2) is 11.5 Å². The van der Waals surface area contributed by atoms with E-state index in [2.05, 4.69) is 9.97 Å². The molecular weight excluding hydrogens is 538 g/mol. The molecule has 7 rings (SSSR count). The fourth-order valence-electron chi connectivity index (χ4n) is 6.76. The van der Waals surface area contributed by atoms with Crippen molar-refractivity contribution >= 4 is 28.6 Å². The number of nitrogens with one attached hydrogen (secondary N) is 2. The number of nitrogens with zero attached hydrogens (tertiary/aromatic N) is 1. The topological polar surface area (TPSA) is 123 Å². The van der Waals surface area contributed by atoms with Gasteiger partial charge in [0.1, 0.15) is 12.3 Å². The Bertz CT molecular complexity index is 1830. The second kappa shape index (κ2) is 9.27. The van der Waals surface area contributed by atoms with Gasteiger partial charge >= 0.3 is 5.97 Å². The second-order valence-electron chi connectivity index (χ2n) is 10.9. The molecule has 1 saturated carbocycles. The van der Waals surface area contributed by atoms with Crippen LogP contribution in [0, 0.1) is 12.8 Å². The Morgan fingerprint density at radius 3 is 2.50 bits per heavy atom. The van der Waals surface area contributed by atoms with Gasteiger partial charge in [0.25, 0.3) is 5.91 Å². The van der Waals surface area contributed by atoms with E-state index < -0.39 is 11.4 Å². The molecule has 3 aliphatic rings. The SMILES string of the molecule is COc1cc2cc(C(=O)N3C[C@H]4C[C@@]45C3=CC(=O)c3[nH]c(C)c(C(=O)OCc4ccccc4)c35)[nH]c2c(OC)c1OC. The Morgan fingerprint density at radius 2 is 1.79 bits per heavy atom. The largest absolute Gasteiger partial charge is 0.493 e. The van der Waals surface area contributed by atoms with Crippen molar-refractivity contribution in [3.8, 4) is 17.2 Å². The number of aromatic nitrogens is 2. The van der Waals surface area contributed by atoms with E-state index in [4.69, 9.17) is 18.9 Å². The number of methoxy groups -OCH3 is 3. The van der Waals surface area contributed by atoms with Crippen LogP contribution >= 0.6 is 0 Å². The number of aromatic amines is 2. The first kappa shape index (κ1) is 25.9. The molecule has 0 radical (unpaired) electrons. The Balaban J connectivity index is 1.24. The summed E-state index contributed by atoms with van der Waals surface area (Å²) in [5, 5.41) is 0.715. The molecule has 0 bridgehead atoms. The van der Waals surface area contributed by atoms with Crippen LogP contribution < -0.4 is 14.2 Å². The Labute approximate surface area is 241 Å². The summed E-state index contributed by atoms with van der Waals surface area (Å²) in [5.74, 6) is 0.355. The van der Waals surface area contributed by atoms with Crippen molar-refractivity contribution in [1.29, 1.82) is 0 Å². The lowest BCUT2D eigenvalue weighted by Gasteiger charge is -2.28. The molecule has 1 spiro atoms. The number of benzene rings is 2. The lowest BCUT2D eigenvalue weighted by atomic mass is 9.82. The van der Waals surface area contributed by atoms with Gasteiger partial charge in [-0.25, -0.2) is 4.79 Å². The molecule has 10 nitrogen and oxygen atoms in total. The first-order chi connectivity index (χ1) is 20.3. The number of hydrogen-bond acceptors (Lipinski definition) is 7. The zero-order valence-corrected chi connectivity index (χ0v) is 23.6. The molecule has 2 aromatic carbocycles. The molecular formula is C32H29N3O7. The Morgan fingerprint density at radius 1 is 1.02 bits per heavy atom. The molecule has 2 aromatic heterocycles. The zero-order chi connectivity index (χ0) is 29.3. The zero-order valence-electron chi connectivity index (χ0n) is 23.6. The van der Waals surface area contributed by atoms with Gasteiger partial charge in [-0.3, -0.25) is 9.59 Å². The van der Waals surface area contributed by atoms with E-state index in [-0.39, 0.29) is 24.2 Å². The van der Waals surface area contributed by atoms with Gasteiger partial charge in [-0.15, -0.1) is 0 Å². The average Bonchev–Trinajstić information content (AvgIpc) is 3.26. The molecule has 1 aliphatic heterocycles. The van der Waals surface area contributed by atoms with E-state index in [1.807, 2.05) is 30.3 Å². The molecule has 4 aromatic rings. The molecule has 1 amide bonds. The second-order valence-corrected chi connectivity index (χ2v) is 10.9. The minimum atomic E-state index is -0.596. The highest BCUT2D eigenvalue weighted by atomic mass is 16.5. The van der Waals surface area contributed by atoms with Crippen molar-refractivity contribution in [2.24, 2.45) is 5.92 Å². The fourth-order valence-corrected chi connectivity index (χ4v) is 6.76. The van der Waals surface area contributed by atoms with Gasteiger partial charge in [-0.05, 0) is 37.0 Å². The maximum absolute atomic E-state index is 14.0. The number of allylic oxidation sites excluding steroid dienone is 2. The van der Waals surface area contributed by atoms with Crippen LogP contribution in [0.2, 0.25) is 0 Å². The van der Waals surface area contributed by atoms with Crippen molar-refractivity contribution in [2.45, 2.75) is 25.4 Å².